The maximum absolute atomic E-state index is 12.6. The summed E-state index contributed by atoms with van der Waals surface area (Å²) in [6, 6.07) is 6.86. The van der Waals surface area contributed by atoms with E-state index in [1.54, 1.807) is 43.6 Å². The molecule has 3 heterocycles. The number of hydrogen-bond donors (Lipinski definition) is 0. The van der Waals surface area contributed by atoms with E-state index in [4.69, 9.17) is 14.2 Å². The normalized spacial score (nSPS) is 20.1. The van der Waals surface area contributed by atoms with Gasteiger partial charge in [0.25, 0.3) is 0 Å². The molecule has 1 atom stereocenters. The molecule has 0 bridgehead atoms. The van der Waals surface area contributed by atoms with E-state index in [1.165, 1.54) is 0 Å². The molecule has 1 unspecified atom stereocenters. The van der Waals surface area contributed by atoms with Crippen LogP contribution < -0.4 is 9.47 Å². The zero-order valence-corrected chi connectivity index (χ0v) is 14.2. The Bertz CT molecular complexity index is 898. The summed E-state index contributed by atoms with van der Waals surface area (Å²) < 4.78 is 16.6. The Balaban J connectivity index is 1.59. The number of pyridine rings is 1. The number of carbonyl (C=O) groups is 2. The molecular weight excluding hydrogens is 334 g/mol. The van der Waals surface area contributed by atoms with Crippen molar-refractivity contribution in [1.82, 2.24) is 4.98 Å². The fourth-order valence-corrected chi connectivity index (χ4v) is 3.03. The number of carbonyl (C=O) groups excluding carboxylic acids is 2. The van der Waals surface area contributed by atoms with Gasteiger partial charge in [-0.1, -0.05) is 6.07 Å². The molecule has 0 N–H and O–H groups in total. The first-order valence-corrected chi connectivity index (χ1v) is 8.44. The minimum absolute atomic E-state index is 0.205. The highest BCUT2D eigenvalue weighted by Crippen LogP contribution is 2.39. The van der Waals surface area contributed by atoms with Gasteiger partial charge in [-0.25, -0.2) is 4.79 Å². The van der Waals surface area contributed by atoms with E-state index in [0.29, 0.717) is 35.7 Å². The lowest BCUT2D eigenvalue weighted by Gasteiger charge is -2.12. The number of aromatic nitrogens is 1. The van der Waals surface area contributed by atoms with Crippen LogP contribution in [0.5, 0.6) is 11.5 Å². The van der Waals surface area contributed by atoms with Gasteiger partial charge in [-0.2, -0.15) is 0 Å². The van der Waals surface area contributed by atoms with Crippen LogP contribution in [0.25, 0.3) is 6.08 Å². The van der Waals surface area contributed by atoms with Crippen LogP contribution >= 0.6 is 0 Å². The summed E-state index contributed by atoms with van der Waals surface area (Å²) in [5.41, 5.74) is 1.83. The van der Waals surface area contributed by atoms with Gasteiger partial charge in [0, 0.05) is 24.6 Å². The number of Topliss-reactive ketones (excluding diaryl/α,β-unsaturated/α-hetero) is 1. The molecule has 2 aromatic rings. The highest BCUT2D eigenvalue weighted by atomic mass is 16.6. The molecule has 0 aliphatic carbocycles. The van der Waals surface area contributed by atoms with Gasteiger partial charge in [-0.15, -0.1) is 0 Å². The number of esters is 1. The Hall–Kier alpha value is -2.99. The molecule has 4 rings (SSSR count). The smallest absolute Gasteiger partial charge is 0.340 e. The third-order valence-electron chi connectivity index (χ3n) is 4.42. The Morgan fingerprint density at radius 1 is 1.35 bits per heavy atom. The zero-order chi connectivity index (χ0) is 18.1. The molecule has 0 spiro atoms. The lowest BCUT2D eigenvalue weighted by molar-refractivity contribution is -0.144. The molecule has 2 aliphatic heterocycles. The van der Waals surface area contributed by atoms with Crippen molar-refractivity contribution < 1.29 is 23.8 Å². The third kappa shape index (κ3) is 2.99. The molecule has 6 heteroatoms. The molecule has 132 valence electrons. The number of rotatable bonds is 3. The predicted octanol–water partition coefficient (Wildman–Crippen LogP) is 3.09. The van der Waals surface area contributed by atoms with Crippen LogP contribution in [0, 0.1) is 6.92 Å². The van der Waals surface area contributed by atoms with Gasteiger partial charge in [0.1, 0.15) is 11.5 Å². The van der Waals surface area contributed by atoms with Gasteiger partial charge in [-0.05, 0) is 49.6 Å². The van der Waals surface area contributed by atoms with Crippen molar-refractivity contribution in [2.24, 2.45) is 0 Å². The van der Waals surface area contributed by atoms with E-state index < -0.39 is 12.1 Å². The highest BCUT2D eigenvalue weighted by molar-refractivity contribution is 6.15. The van der Waals surface area contributed by atoms with E-state index in [2.05, 4.69) is 4.98 Å². The van der Waals surface area contributed by atoms with Gasteiger partial charge in [-0.3, -0.25) is 9.78 Å². The largest absolute Gasteiger partial charge is 0.452 e. The van der Waals surface area contributed by atoms with Crippen LogP contribution in [0.2, 0.25) is 0 Å². The Labute approximate surface area is 150 Å². The molecule has 0 saturated carbocycles. The molecule has 0 amide bonds. The maximum Gasteiger partial charge on any atom is 0.340 e. The van der Waals surface area contributed by atoms with Gasteiger partial charge in [0.15, 0.2) is 11.9 Å². The molecule has 2 aliphatic rings. The lowest BCUT2D eigenvalue weighted by Crippen LogP contribution is -2.25. The third-order valence-corrected chi connectivity index (χ3v) is 4.42. The maximum atomic E-state index is 12.6. The standard InChI is InChI=1S/C20H17NO5/c1-12-15(26-20(23)16-5-3-9-24-16)7-6-14-18(22)17(25-19(12)14)10-13-4-2-8-21-11-13/h2,4,6-8,10-11,16H,3,5,9H2,1H3/b17-10-. The predicted molar refractivity (Wildman–Crippen MR) is 93.0 cm³/mol. The van der Waals surface area contributed by atoms with Gasteiger partial charge >= 0.3 is 5.97 Å². The van der Waals surface area contributed by atoms with Crippen LogP contribution in [-0.4, -0.2) is 29.4 Å². The van der Waals surface area contributed by atoms with Gasteiger partial charge in [0.05, 0.1) is 5.56 Å². The SMILES string of the molecule is Cc1c(OC(=O)C2CCCO2)ccc2c1O/C(=C\c1cccnc1)C2=O. The van der Waals surface area contributed by atoms with Crippen molar-refractivity contribution in [1.29, 1.82) is 0 Å². The molecule has 1 aromatic heterocycles. The number of ketones is 1. The summed E-state index contributed by atoms with van der Waals surface area (Å²) in [6.45, 7) is 2.33. The summed E-state index contributed by atoms with van der Waals surface area (Å²) in [6.07, 6.45) is 5.94. The zero-order valence-electron chi connectivity index (χ0n) is 14.2. The average molecular weight is 351 g/mol. The minimum Gasteiger partial charge on any atom is -0.452 e. The van der Waals surface area contributed by atoms with E-state index in [0.717, 1.165) is 12.0 Å². The lowest BCUT2D eigenvalue weighted by atomic mass is 10.1. The second kappa shape index (κ2) is 6.72. The first-order chi connectivity index (χ1) is 12.6. The molecule has 1 aromatic carbocycles. The van der Waals surface area contributed by atoms with Crippen LogP contribution in [0.1, 0.15) is 34.3 Å². The average Bonchev–Trinajstić information content (AvgIpc) is 3.28. The summed E-state index contributed by atoms with van der Waals surface area (Å²) in [4.78, 5) is 28.7. The van der Waals surface area contributed by atoms with E-state index >= 15 is 0 Å². The van der Waals surface area contributed by atoms with Crippen molar-refractivity contribution in [3.05, 3.63) is 59.1 Å². The van der Waals surface area contributed by atoms with Crippen LogP contribution in [0.15, 0.2) is 42.4 Å². The summed E-state index contributed by atoms with van der Waals surface area (Å²) in [7, 11) is 0. The highest BCUT2D eigenvalue weighted by Gasteiger charge is 2.32. The molecule has 1 saturated heterocycles. The fraction of sp³-hybridized carbons (Fsp3) is 0.250. The van der Waals surface area contributed by atoms with Crippen LogP contribution in [-0.2, 0) is 9.53 Å². The second-order valence-corrected chi connectivity index (χ2v) is 6.21. The summed E-state index contributed by atoms with van der Waals surface area (Å²) in [5.74, 6) is 0.395. The Morgan fingerprint density at radius 3 is 2.96 bits per heavy atom. The molecule has 1 fully saturated rings. The molecule has 6 nitrogen and oxygen atoms in total. The van der Waals surface area contributed by atoms with Crippen molar-refractivity contribution in [2.75, 3.05) is 6.61 Å². The summed E-state index contributed by atoms with van der Waals surface area (Å²) >= 11 is 0. The number of hydrogen-bond acceptors (Lipinski definition) is 6. The van der Waals surface area contributed by atoms with Crippen LogP contribution in [0.4, 0.5) is 0 Å². The molecular formula is C20H17NO5. The van der Waals surface area contributed by atoms with Crippen molar-refractivity contribution >= 4 is 17.8 Å². The summed E-state index contributed by atoms with van der Waals surface area (Å²) in [5, 5.41) is 0. The Morgan fingerprint density at radius 2 is 2.23 bits per heavy atom. The second-order valence-electron chi connectivity index (χ2n) is 6.21. The fourth-order valence-electron chi connectivity index (χ4n) is 3.03. The van der Waals surface area contributed by atoms with Gasteiger partial charge < -0.3 is 14.2 Å². The van der Waals surface area contributed by atoms with E-state index in [9.17, 15) is 9.59 Å². The minimum atomic E-state index is -0.522. The monoisotopic (exact) mass is 351 g/mol. The number of nitrogens with zero attached hydrogens (tertiary/aromatic N) is 1. The first kappa shape index (κ1) is 16.5. The van der Waals surface area contributed by atoms with Gasteiger partial charge in [0.2, 0.25) is 5.78 Å². The van der Waals surface area contributed by atoms with E-state index in [1.807, 2.05) is 6.07 Å². The topological polar surface area (TPSA) is 74.7 Å². The quantitative estimate of drug-likeness (QED) is 0.481. The number of benzene rings is 1. The molecule has 0 radical (unpaired) electrons. The molecule has 26 heavy (non-hydrogen) atoms. The number of fused-ring (bicyclic) bond motifs is 1. The van der Waals surface area contributed by atoms with Crippen LogP contribution in [0.3, 0.4) is 0 Å². The number of allylic oxidation sites excluding steroid dienone is 1. The Kier molecular flexibility index (Phi) is 4.26. The van der Waals surface area contributed by atoms with Crippen molar-refractivity contribution in [2.45, 2.75) is 25.9 Å². The van der Waals surface area contributed by atoms with Crippen molar-refractivity contribution in [3.8, 4) is 11.5 Å². The first-order valence-electron chi connectivity index (χ1n) is 8.44. The van der Waals surface area contributed by atoms with Crippen molar-refractivity contribution in [3.63, 3.8) is 0 Å². The number of ether oxygens (including phenoxy) is 3. The van der Waals surface area contributed by atoms with E-state index in [-0.39, 0.29) is 11.5 Å².